The molecule has 2 N–H and O–H groups in total. The highest BCUT2D eigenvalue weighted by Crippen LogP contribution is 2.29. The smallest absolute Gasteiger partial charge is 0.320 e. The summed E-state index contributed by atoms with van der Waals surface area (Å²) in [5.41, 5.74) is -0.489. The minimum Gasteiger partial charge on any atom is -0.466 e. The van der Waals surface area contributed by atoms with Crippen molar-refractivity contribution in [2.75, 3.05) is 25.0 Å². The van der Waals surface area contributed by atoms with Gasteiger partial charge in [0, 0.05) is 13.1 Å². The Morgan fingerprint density at radius 1 is 1.00 bits per heavy atom. The van der Waals surface area contributed by atoms with Crippen LogP contribution in [0.15, 0.2) is 24.3 Å². The van der Waals surface area contributed by atoms with Crippen molar-refractivity contribution in [3.05, 3.63) is 29.3 Å². The van der Waals surface area contributed by atoms with Gasteiger partial charge in [0.2, 0.25) is 5.91 Å². The number of nitrogens with zero attached hydrogens (tertiary/aromatic N) is 1. The van der Waals surface area contributed by atoms with Gasteiger partial charge in [0.25, 0.3) is 0 Å². The van der Waals surface area contributed by atoms with Gasteiger partial charge in [0.1, 0.15) is 5.54 Å². The van der Waals surface area contributed by atoms with Crippen LogP contribution in [0, 0.1) is 5.92 Å². The molecular formula is C27H42ClN3O4. The fourth-order valence-corrected chi connectivity index (χ4v) is 4.87. The molecule has 1 aliphatic rings. The number of likely N-dealkylation sites (tertiary alicyclic amines) is 1. The number of benzene rings is 1. The first-order valence-electron chi connectivity index (χ1n) is 13.2. The van der Waals surface area contributed by atoms with Crippen LogP contribution in [0.5, 0.6) is 0 Å². The van der Waals surface area contributed by atoms with Gasteiger partial charge in [-0.2, -0.15) is 0 Å². The molecule has 3 amide bonds. The van der Waals surface area contributed by atoms with Gasteiger partial charge in [-0.15, -0.1) is 0 Å². The summed E-state index contributed by atoms with van der Waals surface area (Å²) in [6.07, 6.45) is 8.04. The number of rotatable bonds is 13. The molecular weight excluding hydrogens is 466 g/mol. The third-order valence-corrected chi connectivity index (χ3v) is 7.03. The first-order valence-corrected chi connectivity index (χ1v) is 13.5. The van der Waals surface area contributed by atoms with E-state index < -0.39 is 11.6 Å². The summed E-state index contributed by atoms with van der Waals surface area (Å²) in [4.78, 5) is 41.1. The average Bonchev–Trinajstić information content (AvgIpc) is 2.85. The Bertz CT molecular complexity index is 814. The molecule has 0 saturated carbocycles. The zero-order valence-corrected chi connectivity index (χ0v) is 22.3. The van der Waals surface area contributed by atoms with Crippen LogP contribution in [-0.4, -0.2) is 48.0 Å². The molecule has 0 bridgehead atoms. The Kier molecular flexibility index (Phi) is 12.4. The molecule has 1 aromatic rings. The van der Waals surface area contributed by atoms with Gasteiger partial charge in [-0.25, -0.2) is 4.79 Å². The third kappa shape index (κ3) is 8.71. The number of halogens is 1. The highest BCUT2D eigenvalue weighted by atomic mass is 35.5. The van der Waals surface area contributed by atoms with E-state index in [1.54, 1.807) is 31.2 Å². The molecule has 0 aromatic heterocycles. The molecule has 7 nitrogen and oxygen atoms in total. The summed E-state index contributed by atoms with van der Waals surface area (Å²) in [5.74, 6) is -0.416. The van der Waals surface area contributed by atoms with Gasteiger partial charge in [-0.05, 0) is 44.7 Å². The van der Waals surface area contributed by atoms with Crippen LogP contribution in [-0.2, 0) is 14.3 Å². The van der Waals surface area contributed by atoms with Gasteiger partial charge in [0.05, 0.1) is 23.2 Å². The number of unbranched alkanes of at least 4 members (excludes halogenated alkanes) is 4. The summed E-state index contributed by atoms with van der Waals surface area (Å²) in [6, 6.07) is 6.62. The number of carbonyl (C=O) groups is 3. The third-order valence-electron chi connectivity index (χ3n) is 6.70. The second-order valence-electron chi connectivity index (χ2n) is 9.37. The molecule has 0 radical (unpaired) electrons. The fourth-order valence-electron chi connectivity index (χ4n) is 4.69. The standard InChI is InChI=1S/C27H42ClN3O4/c1-4-7-11-17-27(18-12-8-5-2,30-26(34)29-23-14-10-9-13-22(23)28)25(33)31-19-15-21(16-20-31)24(32)35-6-3/h9-10,13-14,21H,4-8,11-12,15-20H2,1-3H3,(H2,29,30,34). The van der Waals surface area contributed by atoms with Crippen LogP contribution in [0.3, 0.4) is 0 Å². The quantitative estimate of drug-likeness (QED) is 0.247. The van der Waals surface area contributed by atoms with E-state index in [1.165, 1.54) is 0 Å². The van der Waals surface area contributed by atoms with Crippen LogP contribution in [0.25, 0.3) is 0 Å². The van der Waals surface area contributed by atoms with Crippen molar-refractivity contribution >= 4 is 35.2 Å². The lowest BCUT2D eigenvalue weighted by atomic mass is 9.84. The average molecular weight is 508 g/mol. The predicted octanol–water partition coefficient (Wildman–Crippen LogP) is 6.16. The zero-order valence-electron chi connectivity index (χ0n) is 21.5. The molecule has 196 valence electrons. The number of urea groups is 1. The largest absolute Gasteiger partial charge is 0.466 e. The van der Waals surface area contributed by atoms with Gasteiger partial charge in [-0.1, -0.05) is 76.1 Å². The van der Waals surface area contributed by atoms with Crippen LogP contribution >= 0.6 is 11.6 Å². The van der Waals surface area contributed by atoms with E-state index in [-0.39, 0.29) is 17.8 Å². The Hall–Kier alpha value is -2.28. The van der Waals surface area contributed by atoms with E-state index in [2.05, 4.69) is 24.5 Å². The predicted molar refractivity (Wildman–Crippen MR) is 141 cm³/mol. The van der Waals surface area contributed by atoms with Crippen molar-refractivity contribution in [3.8, 4) is 0 Å². The SMILES string of the molecule is CCCCCC(CCCCC)(NC(=O)Nc1ccccc1Cl)C(=O)N1CCC(C(=O)OCC)CC1. The van der Waals surface area contributed by atoms with Gasteiger partial charge in [0.15, 0.2) is 0 Å². The van der Waals surface area contributed by atoms with Gasteiger partial charge in [-0.3, -0.25) is 9.59 Å². The number of hydrogen-bond donors (Lipinski definition) is 2. The molecule has 0 spiro atoms. The van der Waals surface area contributed by atoms with Crippen molar-refractivity contribution in [1.82, 2.24) is 10.2 Å². The van der Waals surface area contributed by atoms with Crippen molar-refractivity contribution in [2.24, 2.45) is 5.92 Å². The topological polar surface area (TPSA) is 87.7 Å². The molecule has 35 heavy (non-hydrogen) atoms. The number of para-hydroxylation sites is 1. The number of ether oxygens (including phenoxy) is 1. The first-order chi connectivity index (χ1) is 16.9. The molecule has 1 aliphatic heterocycles. The fraction of sp³-hybridized carbons (Fsp3) is 0.667. The summed E-state index contributed by atoms with van der Waals surface area (Å²) >= 11 is 6.23. The Labute approximate surface area is 215 Å². The molecule has 1 fully saturated rings. The maximum atomic E-state index is 14.0. The monoisotopic (exact) mass is 507 g/mol. The lowest BCUT2D eigenvalue weighted by Crippen LogP contribution is -2.61. The van der Waals surface area contributed by atoms with E-state index in [9.17, 15) is 14.4 Å². The number of amides is 3. The lowest BCUT2D eigenvalue weighted by Gasteiger charge is -2.40. The van der Waals surface area contributed by atoms with E-state index >= 15 is 0 Å². The van der Waals surface area contributed by atoms with Crippen LogP contribution in [0.4, 0.5) is 10.5 Å². The van der Waals surface area contributed by atoms with Crippen LogP contribution in [0.2, 0.25) is 5.02 Å². The lowest BCUT2D eigenvalue weighted by molar-refractivity contribution is -0.152. The van der Waals surface area contributed by atoms with Crippen molar-refractivity contribution in [3.63, 3.8) is 0 Å². The van der Waals surface area contributed by atoms with E-state index in [4.69, 9.17) is 16.3 Å². The van der Waals surface area contributed by atoms with E-state index in [1.807, 2.05) is 4.90 Å². The van der Waals surface area contributed by atoms with E-state index in [0.29, 0.717) is 56.1 Å². The summed E-state index contributed by atoms with van der Waals surface area (Å²) in [7, 11) is 0. The number of carbonyl (C=O) groups excluding carboxylic acids is 3. The summed E-state index contributed by atoms with van der Waals surface area (Å²) in [6.45, 7) is 7.38. The second kappa shape index (κ2) is 15.0. The summed E-state index contributed by atoms with van der Waals surface area (Å²) < 4.78 is 5.18. The highest BCUT2D eigenvalue weighted by molar-refractivity contribution is 6.33. The Balaban J connectivity index is 2.22. The molecule has 1 heterocycles. The maximum absolute atomic E-state index is 14.0. The number of piperidine rings is 1. The van der Waals surface area contributed by atoms with Crippen LogP contribution in [0.1, 0.15) is 85.0 Å². The van der Waals surface area contributed by atoms with Gasteiger partial charge >= 0.3 is 12.0 Å². The minimum atomic E-state index is -0.994. The molecule has 0 aliphatic carbocycles. The van der Waals surface area contributed by atoms with Crippen molar-refractivity contribution < 1.29 is 19.1 Å². The highest BCUT2D eigenvalue weighted by Gasteiger charge is 2.43. The molecule has 2 rings (SSSR count). The number of anilines is 1. The number of nitrogens with one attached hydrogen (secondary N) is 2. The van der Waals surface area contributed by atoms with Crippen molar-refractivity contribution in [1.29, 1.82) is 0 Å². The molecule has 0 unspecified atom stereocenters. The normalized spacial score (nSPS) is 14.5. The second-order valence-corrected chi connectivity index (χ2v) is 9.78. The number of esters is 1. The van der Waals surface area contributed by atoms with Gasteiger partial charge < -0.3 is 20.3 Å². The molecule has 0 atom stereocenters. The zero-order chi connectivity index (χ0) is 25.7. The first kappa shape index (κ1) is 29.0. The molecule has 1 aromatic carbocycles. The van der Waals surface area contributed by atoms with Crippen LogP contribution < -0.4 is 10.6 Å². The molecule has 1 saturated heterocycles. The minimum absolute atomic E-state index is 0.0543. The Morgan fingerprint density at radius 3 is 2.14 bits per heavy atom. The van der Waals surface area contributed by atoms with E-state index in [0.717, 1.165) is 38.5 Å². The summed E-state index contributed by atoms with van der Waals surface area (Å²) in [5, 5.41) is 6.35. The Morgan fingerprint density at radius 2 is 1.60 bits per heavy atom. The maximum Gasteiger partial charge on any atom is 0.320 e. The number of hydrogen-bond acceptors (Lipinski definition) is 4. The molecule has 8 heteroatoms. The van der Waals surface area contributed by atoms with Crippen molar-refractivity contribution in [2.45, 2.75) is 90.5 Å².